The van der Waals surface area contributed by atoms with E-state index in [4.69, 9.17) is 5.26 Å². The van der Waals surface area contributed by atoms with Crippen molar-refractivity contribution in [2.75, 3.05) is 22.1 Å². The number of aryl methyl sites for hydroxylation is 1. The first-order valence-electron chi connectivity index (χ1n) is 8.97. The van der Waals surface area contributed by atoms with Crippen molar-refractivity contribution in [2.45, 2.75) is 32.7 Å². The Labute approximate surface area is 158 Å². The second kappa shape index (κ2) is 7.92. The number of rotatable bonds is 5. The molecule has 1 aliphatic heterocycles. The number of hydrogen-bond acceptors (Lipinski definition) is 4. The fraction of sp³-hybridized carbons (Fsp3) is 0.286. The predicted molar refractivity (Wildman–Crippen MR) is 106 cm³/mol. The number of para-hydroxylation sites is 1. The van der Waals surface area contributed by atoms with Crippen molar-refractivity contribution in [3.05, 3.63) is 53.6 Å². The molecule has 0 saturated carbocycles. The number of benzene rings is 2. The average molecular weight is 362 g/mol. The van der Waals surface area contributed by atoms with Gasteiger partial charge in [0.25, 0.3) is 0 Å². The van der Waals surface area contributed by atoms with Crippen molar-refractivity contribution in [3.8, 4) is 6.07 Å². The molecular weight excluding hydrogens is 340 g/mol. The van der Waals surface area contributed by atoms with Gasteiger partial charge in [0.05, 0.1) is 11.3 Å². The monoisotopic (exact) mass is 362 g/mol. The lowest BCUT2D eigenvalue weighted by atomic mass is 10.1. The van der Waals surface area contributed by atoms with Gasteiger partial charge in [0, 0.05) is 24.3 Å². The molecule has 0 aromatic heterocycles. The second-order valence-corrected chi connectivity index (χ2v) is 6.66. The quantitative estimate of drug-likeness (QED) is 0.853. The van der Waals surface area contributed by atoms with Gasteiger partial charge in [0.2, 0.25) is 11.8 Å². The Bertz CT molecular complexity index is 917. The fourth-order valence-corrected chi connectivity index (χ4v) is 3.20. The van der Waals surface area contributed by atoms with Gasteiger partial charge < -0.3 is 15.5 Å². The molecule has 6 nitrogen and oxygen atoms in total. The molecule has 0 spiro atoms. The molecule has 0 aliphatic carbocycles. The minimum absolute atomic E-state index is 0.155. The third-order valence-corrected chi connectivity index (χ3v) is 4.64. The Morgan fingerprint density at radius 2 is 2.04 bits per heavy atom. The first kappa shape index (κ1) is 18.5. The number of anilines is 3. The first-order valence-corrected chi connectivity index (χ1v) is 8.97. The number of nitrogens with one attached hydrogen (secondary N) is 2. The number of amides is 2. The first-order chi connectivity index (χ1) is 13.0. The van der Waals surface area contributed by atoms with E-state index in [0.717, 1.165) is 29.9 Å². The Morgan fingerprint density at radius 1 is 1.26 bits per heavy atom. The molecule has 0 unspecified atom stereocenters. The molecule has 2 amide bonds. The van der Waals surface area contributed by atoms with Gasteiger partial charge >= 0.3 is 0 Å². The summed E-state index contributed by atoms with van der Waals surface area (Å²) in [7, 11) is 0. The highest BCUT2D eigenvalue weighted by atomic mass is 16.2. The lowest BCUT2D eigenvalue weighted by molar-refractivity contribution is -0.117. The van der Waals surface area contributed by atoms with E-state index in [2.05, 4.69) is 16.7 Å². The summed E-state index contributed by atoms with van der Waals surface area (Å²) in [5, 5.41) is 15.1. The van der Waals surface area contributed by atoms with Crippen LogP contribution in [-0.4, -0.2) is 24.4 Å². The topological polar surface area (TPSA) is 85.2 Å². The molecule has 2 aromatic rings. The molecule has 138 valence electrons. The maximum atomic E-state index is 12.5. The molecule has 0 radical (unpaired) electrons. The van der Waals surface area contributed by atoms with Crippen molar-refractivity contribution in [1.29, 1.82) is 5.26 Å². The van der Waals surface area contributed by atoms with Crippen LogP contribution in [0.2, 0.25) is 0 Å². The van der Waals surface area contributed by atoms with E-state index in [1.807, 2.05) is 30.0 Å². The van der Waals surface area contributed by atoms with E-state index < -0.39 is 6.04 Å². The van der Waals surface area contributed by atoms with E-state index in [1.54, 1.807) is 31.2 Å². The van der Waals surface area contributed by atoms with Crippen LogP contribution in [0.25, 0.3) is 0 Å². The Kier molecular flexibility index (Phi) is 5.41. The number of carbonyl (C=O) groups is 2. The van der Waals surface area contributed by atoms with Gasteiger partial charge in [-0.3, -0.25) is 9.59 Å². The lowest BCUT2D eigenvalue weighted by Crippen LogP contribution is -2.32. The zero-order valence-electron chi connectivity index (χ0n) is 15.5. The highest BCUT2D eigenvalue weighted by molar-refractivity contribution is 5.98. The summed E-state index contributed by atoms with van der Waals surface area (Å²) >= 11 is 0. The van der Waals surface area contributed by atoms with Crippen molar-refractivity contribution < 1.29 is 9.59 Å². The molecular formula is C21H22N4O2. The summed E-state index contributed by atoms with van der Waals surface area (Å²) in [6, 6.07) is 14.2. The smallest absolute Gasteiger partial charge is 0.246 e. The molecule has 2 aromatic carbocycles. The summed E-state index contributed by atoms with van der Waals surface area (Å²) in [6.45, 7) is 4.47. The zero-order valence-corrected chi connectivity index (χ0v) is 15.5. The van der Waals surface area contributed by atoms with Crippen LogP contribution in [-0.2, 0) is 9.59 Å². The number of carbonyl (C=O) groups excluding carboxylic acids is 2. The van der Waals surface area contributed by atoms with E-state index in [9.17, 15) is 9.59 Å². The van der Waals surface area contributed by atoms with Gasteiger partial charge in [0.1, 0.15) is 12.1 Å². The third-order valence-electron chi connectivity index (χ3n) is 4.64. The maximum Gasteiger partial charge on any atom is 0.246 e. The normalized spacial score (nSPS) is 14.6. The van der Waals surface area contributed by atoms with Crippen LogP contribution in [0.4, 0.5) is 17.1 Å². The number of nitriles is 1. The highest BCUT2D eigenvalue weighted by Gasteiger charge is 2.23. The number of hydrogen-bond donors (Lipinski definition) is 2. The van der Waals surface area contributed by atoms with Gasteiger partial charge in [-0.2, -0.15) is 5.26 Å². The number of nitrogens with zero attached hydrogens (tertiary/aromatic N) is 2. The molecule has 0 bridgehead atoms. The molecule has 1 atom stereocenters. The van der Waals surface area contributed by atoms with Crippen molar-refractivity contribution >= 4 is 28.9 Å². The zero-order chi connectivity index (χ0) is 19.4. The largest absolute Gasteiger partial charge is 0.374 e. The third kappa shape index (κ3) is 4.09. The molecule has 27 heavy (non-hydrogen) atoms. The van der Waals surface area contributed by atoms with Gasteiger partial charge in [0.15, 0.2) is 0 Å². The van der Waals surface area contributed by atoms with Crippen LogP contribution < -0.4 is 15.5 Å². The Hall–Kier alpha value is -3.33. The van der Waals surface area contributed by atoms with Crippen LogP contribution in [0.5, 0.6) is 0 Å². The van der Waals surface area contributed by atoms with E-state index in [0.29, 0.717) is 17.7 Å². The van der Waals surface area contributed by atoms with Gasteiger partial charge in [-0.25, -0.2) is 0 Å². The van der Waals surface area contributed by atoms with E-state index in [-0.39, 0.29) is 11.8 Å². The maximum absolute atomic E-state index is 12.5. The fourth-order valence-electron chi connectivity index (χ4n) is 3.20. The second-order valence-electron chi connectivity index (χ2n) is 6.66. The minimum Gasteiger partial charge on any atom is -0.374 e. The molecule has 1 heterocycles. The van der Waals surface area contributed by atoms with Crippen LogP contribution in [0.3, 0.4) is 0 Å². The summed E-state index contributed by atoms with van der Waals surface area (Å²) in [5.41, 5.74) is 3.63. The molecule has 2 N–H and O–H groups in total. The summed E-state index contributed by atoms with van der Waals surface area (Å²) in [6.07, 6.45) is 1.49. The summed E-state index contributed by atoms with van der Waals surface area (Å²) in [4.78, 5) is 26.2. The standard InChI is InChI=1S/C21H22N4O2/c1-14-12-17(9-10-19(14)25-11-5-8-20(25)26)23-15(2)21(27)24-18-7-4-3-6-16(18)13-22/h3-4,6-7,9-10,12,15,23H,5,8,11H2,1-2H3,(H,24,27)/t15-/m0/s1. The molecule has 3 rings (SSSR count). The van der Waals surface area contributed by atoms with E-state index in [1.165, 1.54) is 0 Å². The predicted octanol–water partition coefficient (Wildman–Crippen LogP) is 3.43. The summed E-state index contributed by atoms with van der Waals surface area (Å²) < 4.78 is 0. The molecule has 1 aliphatic rings. The Balaban J connectivity index is 1.67. The lowest BCUT2D eigenvalue weighted by Gasteiger charge is -2.20. The minimum atomic E-state index is -0.490. The van der Waals surface area contributed by atoms with Crippen molar-refractivity contribution in [2.24, 2.45) is 0 Å². The van der Waals surface area contributed by atoms with Gasteiger partial charge in [-0.1, -0.05) is 12.1 Å². The van der Waals surface area contributed by atoms with E-state index >= 15 is 0 Å². The highest BCUT2D eigenvalue weighted by Crippen LogP contribution is 2.27. The molecule has 1 fully saturated rings. The summed E-state index contributed by atoms with van der Waals surface area (Å²) in [5.74, 6) is -0.0723. The van der Waals surface area contributed by atoms with Crippen molar-refractivity contribution in [1.82, 2.24) is 0 Å². The molecule has 6 heteroatoms. The van der Waals surface area contributed by atoms with Gasteiger partial charge in [-0.15, -0.1) is 0 Å². The van der Waals surface area contributed by atoms with Crippen LogP contribution >= 0.6 is 0 Å². The average Bonchev–Trinajstić information content (AvgIpc) is 3.08. The SMILES string of the molecule is Cc1cc(N[C@@H](C)C(=O)Nc2ccccc2C#N)ccc1N1CCCC1=O. The van der Waals surface area contributed by atoms with Crippen LogP contribution in [0.1, 0.15) is 30.9 Å². The van der Waals surface area contributed by atoms with Crippen LogP contribution in [0, 0.1) is 18.3 Å². The molecule has 1 saturated heterocycles. The van der Waals surface area contributed by atoms with Crippen molar-refractivity contribution in [3.63, 3.8) is 0 Å². The van der Waals surface area contributed by atoms with Crippen LogP contribution in [0.15, 0.2) is 42.5 Å². The van der Waals surface area contributed by atoms with Gasteiger partial charge in [-0.05, 0) is 56.2 Å². The Morgan fingerprint density at radius 3 is 2.70 bits per heavy atom.